The number of hydrogen-bond donors (Lipinski definition) is 0. The Hall–Kier alpha value is -8.41. The van der Waals surface area contributed by atoms with Gasteiger partial charge in [0.15, 0.2) is 17.5 Å². The van der Waals surface area contributed by atoms with E-state index >= 15 is 0 Å². The number of benzene rings is 9. The molecule has 5 heteroatoms. The van der Waals surface area contributed by atoms with Crippen molar-refractivity contribution in [3.8, 4) is 78.7 Å². The molecule has 0 atom stereocenters. The van der Waals surface area contributed by atoms with Gasteiger partial charge in [0, 0.05) is 43.7 Å². The van der Waals surface area contributed by atoms with E-state index in [0.29, 0.717) is 17.5 Å². The fraction of sp³-hybridized carbons (Fsp3) is 0.0500. The quantitative estimate of drug-likeness (QED) is 0.167. The monoisotopic (exact) mass is 833 g/mol. The molecule has 0 amide bonds. The lowest BCUT2D eigenvalue weighted by Gasteiger charge is -2.21. The third-order valence-corrected chi connectivity index (χ3v) is 13.3. The lowest BCUT2D eigenvalue weighted by Crippen LogP contribution is -2.14. The molecule has 0 spiro atoms. The molecule has 1 aliphatic rings. The lowest BCUT2D eigenvalue weighted by molar-refractivity contribution is 0.660. The minimum atomic E-state index is -0.0730. The molecule has 5 nitrogen and oxygen atoms in total. The zero-order valence-electron chi connectivity index (χ0n) is 35.7. The molecule has 12 aromatic rings. The number of para-hydroxylation sites is 2. The standard InChI is InChI=1S/C60H39N3O2/c1-60(2)49-22-12-9-19-43(49)48-31-40(29-30-50(48)60)41-32-47(56-45-21-11-14-24-52(45)64-53(56)34-41)42-33-46(55-44-20-10-13-23-51(44)65-54(55)35-42)36-25-27-39(28-26-36)59-62-57(37-15-5-3-6-16-37)61-58(63-59)38-17-7-4-8-18-38/h3-35H,1-2H3. The van der Waals surface area contributed by atoms with Crippen LogP contribution in [0.15, 0.2) is 209 Å². The first-order valence-corrected chi connectivity index (χ1v) is 22.1. The molecule has 3 aromatic heterocycles. The maximum Gasteiger partial charge on any atom is 0.164 e. The molecule has 0 unspecified atom stereocenters. The number of aromatic nitrogens is 3. The Balaban J connectivity index is 0.996. The smallest absolute Gasteiger partial charge is 0.164 e. The average Bonchev–Trinajstić information content (AvgIpc) is 4.01. The second-order valence-corrected chi connectivity index (χ2v) is 17.5. The zero-order chi connectivity index (χ0) is 43.2. The van der Waals surface area contributed by atoms with Gasteiger partial charge in [-0.15, -0.1) is 0 Å². The number of nitrogens with zero attached hydrogens (tertiary/aromatic N) is 3. The third kappa shape index (κ3) is 5.97. The van der Waals surface area contributed by atoms with Crippen molar-refractivity contribution in [3.63, 3.8) is 0 Å². The molecule has 1 aliphatic carbocycles. The zero-order valence-corrected chi connectivity index (χ0v) is 35.7. The highest BCUT2D eigenvalue weighted by Crippen LogP contribution is 2.51. The van der Waals surface area contributed by atoms with E-state index in [1.165, 1.54) is 22.3 Å². The molecule has 0 fully saturated rings. The maximum absolute atomic E-state index is 6.73. The average molecular weight is 834 g/mol. The van der Waals surface area contributed by atoms with Gasteiger partial charge in [-0.1, -0.05) is 172 Å². The van der Waals surface area contributed by atoms with Gasteiger partial charge in [0.1, 0.15) is 22.3 Å². The van der Waals surface area contributed by atoms with Crippen LogP contribution in [0.4, 0.5) is 0 Å². The van der Waals surface area contributed by atoms with Crippen molar-refractivity contribution in [1.82, 2.24) is 15.0 Å². The molecule has 9 aromatic carbocycles. The number of hydrogen-bond acceptors (Lipinski definition) is 5. The Labute approximate surface area is 375 Å². The molecule has 0 saturated heterocycles. The normalized spacial score (nSPS) is 12.9. The minimum absolute atomic E-state index is 0.0730. The van der Waals surface area contributed by atoms with Crippen LogP contribution in [-0.4, -0.2) is 15.0 Å². The summed E-state index contributed by atoms with van der Waals surface area (Å²) in [6, 6.07) is 70.2. The van der Waals surface area contributed by atoms with Gasteiger partial charge >= 0.3 is 0 Å². The van der Waals surface area contributed by atoms with Gasteiger partial charge in [0.25, 0.3) is 0 Å². The molecule has 65 heavy (non-hydrogen) atoms. The van der Waals surface area contributed by atoms with E-state index in [1.807, 2.05) is 78.9 Å². The highest BCUT2D eigenvalue weighted by molar-refractivity contribution is 6.17. The van der Waals surface area contributed by atoms with Crippen LogP contribution in [0.5, 0.6) is 0 Å². The second-order valence-electron chi connectivity index (χ2n) is 17.5. The van der Waals surface area contributed by atoms with Crippen LogP contribution < -0.4 is 0 Å². The third-order valence-electron chi connectivity index (χ3n) is 13.3. The van der Waals surface area contributed by atoms with Crippen molar-refractivity contribution in [2.45, 2.75) is 19.3 Å². The van der Waals surface area contributed by atoms with E-state index in [0.717, 1.165) is 93.9 Å². The topological polar surface area (TPSA) is 65.0 Å². The molecule has 3 heterocycles. The van der Waals surface area contributed by atoms with E-state index in [4.69, 9.17) is 23.8 Å². The van der Waals surface area contributed by atoms with E-state index in [1.54, 1.807) is 0 Å². The van der Waals surface area contributed by atoms with E-state index in [9.17, 15) is 0 Å². The Morgan fingerprint density at radius 1 is 0.308 bits per heavy atom. The summed E-state index contributed by atoms with van der Waals surface area (Å²) in [5.41, 5.74) is 17.8. The van der Waals surface area contributed by atoms with Crippen molar-refractivity contribution in [2.75, 3.05) is 0 Å². The fourth-order valence-electron chi connectivity index (χ4n) is 10.1. The van der Waals surface area contributed by atoms with Crippen LogP contribution in [0.1, 0.15) is 25.0 Å². The summed E-state index contributed by atoms with van der Waals surface area (Å²) in [7, 11) is 0. The van der Waals surface area contributed by atoms with E-state index in [2.05, 4.69) is 135 Å². The van der Waals surface area contributed by atoms with Crippen molar-refractivity contribution < 1.29 is 8.83 Å². The van der Waals surface area contributed by atoms with Crippen LogP contribution in [-0.2, 0) is 5.41 Å². The molecular weight excluding hydrogens is 795 g/mol. The summed E-state index contributed by atoms with van der Waals surface area (Å²) in [4.78, 5) is 14.9. The molecule has 306 valence electrons. The van der Waals surface area contributed by atoms with Gasteiger partial charge in [-0.3, -0.25) is 0 Å². The highest BCUT2D eigenvalue weighted by Gasteiger charge is 2.35. The first-order valence-electron chi connectivity index (χ1n) is 22.1. The summed E-state index contributed by atoms with van der Waals surface area (Å²) in [6.45, 7) is 4.65. The van der Waals surface area contributed by atoms with Gasteiger partial charge in [0.2, 0.25) is 0 Å². The summed E-state index contributed by atoms with van der Waals surface area (Å²) in [5.74, 6) is 1.87. The van der Waals surface area contributed by atoms with Gasteiger partial charge in [-0.2, -0.15) is 0 Å². The van der Waals surface area contributed by atoms with Crippen LogP contribution in [0.3, 0.4) is 0 Å². The van der Waals surface area contributed by atoms with Gasteiger partial charge in [-0.05, 0) is 98.1 Å². The number of fused-ring (bicyclic) bond motifs is 9. The fourth-order valence-corrected chi connectivity index (χ4v) is 10.1. The van der Waals surface area contributed by atoms with Crippen LogP contribution in [0.2, 0.25) is 0 Å². The molecule has 0 aliphatic heterocycles. The minimum Gasteiger partial charge on any atom is -0.456 e. The van der Waals surface area contributed by atoms with E-state index < -0.39 is 0 Å². The highest BCUT2D eigenvalue weighted by atomic mass is 16.3. The molecule has 0 N–H and O–H groups in total. The Bertz CT molecular complexity index is 3790. The summed E-state index contributed by atoms with van der Waals surface area (Å²) < 4.78 is 13.4. The molecule has 0 radical (unpaired) electrons. The van der Waals surface area contributed by atoms with Gasteiger partial charge < -0.3 is 8.83 Å². The first kappa shape index (κ1) is 37.2. The van der Waals surface area contributed by atoms with Crippen molar-refractivity contribution in [2.24, 2.45) is 0 Å². The van der Waals surface area contributed by atoms with Crippen LogP contribution in [0, 0.1) is 0 Å². The Kier molecular flexibility index (Phi) is 8.18. The van der Waals surface area contributed by atoms with Gasteiger partial charge in [-0.25, -0.2) is 15.0 Å². The van der Waals surface area contributed by atoms with Crippen molar-refractivity contribution in [1.29, 1.82) is 0 Å². The first-order chi connectivity index (χ1) is 31.9. The Morgan fingerprint density at radius 2 is 0.738 bits per heavy atom. The molecule has 13 rings (SSSR count). The molecule has 0 saturated carbocycles. The van der Waals surface area contributed by atoms with Crippen molar-refractivity contribution in [3.05, 3.63) is 211 Å². The maximum atomic E-state index is 6.73. The Morgan fingerprint density at radius 3 is 1.35 bits per heavy atom. The number of rotatable bonds is 6. The summed E-state index contributed by atoms with van der Waals surface area (Å²) in [6.07, 6.45) is 0. The van der Waals surface area contributed by atoms with Crippen molar-refractivity contribution >= 4 is 43.9 Å². The predicted molar refractivity (Wildman–Crippen MR) is 265 cm³/mol. The predicted octanol–water partition coefficient (Wildman–Crippen LogP) is 16.0. The summed E-state index contributed by atoms with van der Waals surface area (Å²) >= 11 is 0. The number of furan rings is 2. The van der Waals surface area contributed by atoms with Gasteiger partial charge in [0.05, 0.1) is 0 Å². The lowest BCUT2D eigenvalue weighted by atomic mass is 9.82. The second kappa shape index (κ2) is 14.3. The van der Waals surface area contributed by atoms with E-state index in [-0.39, 0.29) is 5.41 Å². The SMILES string of the molecule is CC1(C)c2ccccc2-c2cc(-c3cc(-c4cc(-c5ccc(-c6nc(-c7ccccc7)nc(-c7ccccc7)n6)cc5)c5c(c4)oc4ccccc45)c4c(c3)oc3ccccc34)ccc21. The summed E-state index contributed by atoms with van der Waals surface area (Å²) in [5, 5.41) is 4.29. The van der Waals surface area contributed by atoms with Crippen LogP contribution in [0.25, 0.3) is 123 Å². The largest absolute Gasteiger partial charge is 0.456 e. The molecule has 0 bridgehead atoms. The van der Waals surface area contributed by atoms with Crippen LogP contribution >= 0.6 is 0 Å². The molecular formula is C60H39N3O2.